The molecule has 1 aromatic rings. The Morgan fingerprint density at radius 1 is 1.44 bits per heavy atom. The molecule has 1 heterocycles. The standard InChI is InChI=1S/C15H24N2O/c1-2-15-13(7-9-18-15)11-17-8-6-12-4-3-5-14(16)10-12/h3-5,10,13,15,17H,2,6-9,11,16H2,1H3. The summed E-state index contributed by atoms with van der Waals surface area (Å²) in [6, 6.07) is 8.13. The molecule has 1 aromatic carbocycles. The quantitative estimate of drug-likeness (QED) is 0.599. The van der Waals surface area contributed by atoms with Crippen molar-refractivity contribution in [3.05, 3.63) is 29.8 Å². The lowest BCUT2D eigenvalue weighted by Gasteiger charge is -2.17. The molecule has 2 rings (SSSR count). The lowest BCUT2D eigenvalue weighted by molar-refractivity contribution is 0.0873. The molecule has 2 unspecified atom stereocenters. The summed E-state index contributed by atoms with van der Waals surface area (Å²) in [6.07, 6.45) is 3.82. The van der Waals surface area contributed by atoms with E-state index in [0.717, 1.165) is 38.2 Å². The third-order valence-electron chi connectivity index (χ3n) is 3.70. The van der Waals surface area contributed by atoms with Crippen molar-refractivity contribution in [1.29, 1.82) is 0 Å². The smallest absolute Gasteiger partial charge is 0.0613 e. The molecule has 0 aromatic heterocycles. The highest BCUT2D eigenvalue weighted by molar-refractivity contribution is 5.40. The fraction of sp³-hybridized carbons (Fsp3) is 0.600. The largest absolute Gasteiger partial charge is 0.399 e. The Labute approximate surface area is 110 Å². The van der Waals surface area contributed by atoms with Crippen LogP contribution in [0.5, 0.6) is 0 Å². The number of nitrogen functional groups attached to an aromatic ring is 1. The predicted octanol–water partition coefficient (Wildman–Crippen LogP) is 2.22. The van der Waals surface area contributed by atoms with Gasteiger partial charge >= 0.3 is 0 Å². The number of ether oxygens (including phenoxy) is 1. The lowest BCUT2D eigenvalue weighted by Crippen LogP contribution is -2.29. The summed E-state index contributed by atoms with van der Waals surface area (Å²) >= 11 is 0. The zero-order chi connectivity index (χ0) is 12.8. The number of anilines is 1. The van der Waals surface area contributed by atoms with Gasteiger partial charge in [0.25, 0.3) is 0 Å². The van der Waals surface area contributed by atoms with E-state index in [9.17, 15) is 0 Å². The van der Waals surface area contributed by atoms with Gasteiger partial charge in [-0.05, 0) is 49.4 Å². The van der Waals surface area contributed by atoms with Crippen LogP contribution in [-0.2, 0) is 11.2 Å². The summed E-state index contributed by atoms with van der Waals surface area (Å²) in [5, 5.41) is 3.54. The van der Waals surface area contributed by atoms with Crippen LogP contribution in [-0.4, -0.2) is 25.8 Å². The number of rotatable bonds is 6. The van der Waals surface area contributed by atoms with Gasteiger partial charge in [0.05, 0.1) is 6.10 Å². The second-order valence-electron chi connectivity index (χ2n) is 5.07. The van der Waals surface area contributed by atoms with Gasteiger partial charge in [-0.2, -0.15) is 0 Å². The average Bonchev–Trinajstić information content (AvgIpc) is 2.82. The highest BCUT2D eigenvalue weighted by atomic mass is 16.5. The minimum atomic E-state index is 0.463. The maximum absolute atomic E-state index is 5.76. The topological polar surface area (TPSA) is 47.3 Å². The van der Waals surface area contributed by atoms with E-state index >= 15 is 0 Å². The second kappa shape index (κ2) is 6.76. The SMILES string of the molecule is CCC1OCCC1CNCCc1cccc(N)c1. The van der Waals surface area contributed by atoms with Crippen LogP contribution in [0.25, 0.3) is 0 Å². The normalized spacial score (nSPS) is 23.4. The summed E-state index contributed by atoms with van der Waals surface area (Å²) in [4.78, 5) is 0. The Morgan fingerprint density at radius 2 is 2.33 bits per heavy atom. The third-order valence-corrected chi connectivity index (χ3v) is 3.70. The molecule has 0 radical (unpaired) electrons. The molecule has 3 heteroatoms. The fourth-order valence-corrected chi connectivity index (χ4v) is 2.65. The molecule has 0 spiro atoms. The Balaban J connectivity index is 1.67. The van der Waals surface area contributed by atoms with Crippen molar-refractivity contribution in [1.82, 2.24) is 5.32 Å². The molecule has 3 N–H and O–H groups in total. The van der Waals surface area contributed by atoms with Gasteiger partial charge < -0.3 is 15.8 Å². The van der Waals surface area contributed by atoms with Crippen LogP contribution in [0.1, 0.15) is 25.3 Å². The molecule has 2 atom stereocenters. The number of nitrogens with one attached hydrogen (secondary N) is 1. The van der Waals surface area contributed by atoms with Crippen molar-refractivity contribution >= 4 is 5.69 Å². The van der Waals surface area contributed by atoms with Gasteiger partial charge in [-0.3, -0.25) is 0 Å². The number of benzene rings is 1. The number of nitrogens with two attached hydrogens (primary N) is 1. The van der Waals surface area contributed by atoms with Crippen LogP contribution in [0.4, 0.5) is 5.69 Å². The van der Waals surface area contributed by atoms with Gasteiger partial charge in [-0.15, -0.1) is 0 Å². The van der Waals surface area contributed by atoms with Crippen LogP contribution in [0.3, 0.4) is 0 Å². The van der Waals surface area contributed by atoms with Crippen molar-refractivity contribution in [2.45, 2.75) is 32.3 Å². The van der Waals surface area contributed by atoms with Crippen molar-refractivity contribution in [3.63, 3.8) is 0 Å². The molecule has 0 saturated carbocycles. The van der Waals surface area contributed by atoms with Crippen molar-refractivity contribution in [3.8, 4) is 0 Å². The monoisotopic (exact) mass is 248 g/mol. The lowest BCUT2D eigenvalue weighted by atomic mass is 9.99. The highest BCUT2D eigenvalue weighted by Crippen LogP contribution is 2.22. The summed E-state index contributed by atoms with van der Waals surface area (Å²) in [6.45, 7) is 5.22. The molecule has 0 amide bonds. The molecule has 0 bridgehead atoms. The van der Waals surface area contributed by atoms with E-state index in [-0.39, 0.29) is 0 Å². The van der Waals surface area contributed by atoms with Crippen LogP contribution >= 0.6 is 0 Å². The Morgan fingerprint density at radius 3 is 3.11 bits per heavy atom. The maximum atomic E-state index is 5.76. The first-order chi connectivity index (χ1) is 8.79. The van der Waals surface area contributed by atoms with Crippen molar-refractivity contribution in [2.75, 3.05) is 25.4 Å². The molecule has 100 valence electrons. The molecular weight excluding hydrogens is 224 g/mol. The molecule has 1 saturated heterocycles. The first-order valence-electron chi connectivity index (χ1n) is 6.96. The van der Waals surface area contributed by atoms with Crippen molar-refractivity contribution < 1.29 is 4.74 Å². The number of hydrogen-bond acceptors (Lipinski definition) is 3. The van der Waals surface area contributed by atoms with Gasteiger partial charge in [0.15, 0.2) is 0 Å². The van der Waals surface area contributed by atoms with E-state index in [4.69, 9.17) is 10.5 Å². The van der Waals surface area contributed by atoms with E-state index in [1.54, 1.807) is 0 Å². The van der Waals surface area contributed by atoms with E-state index in [1.165, 1.54) is 12.0 Å². The second-order valence-corrected chi connectivity index (χ2v) is 5.07. The van der Waals surface area contributed by atoms with Crippen LogP contribution in [0.15, 0.2) is 24.3 Å². The van der Waals surface area contributed by atoms with E-state index in [1.807, 2.05) is 12.1 Å². The summed E-state index contributed by atoms with van der Waals surface area (Å²) in [5.74, 6) is 0.691. The Kier molecular flexibility index (Phi) is 5.02. The van der Waals surface area contributed by atoms with Crippen LogP contribution in [0, 0.1) is 5.92 Å². The predicted molar refractivity (Wildman–Crippen MR) is 75.6 cm³/mol. The van der Waals surface area contributed by atoms with E-state index in [0.29, 0.717) is 12.0 Å². The molecule has 18 heavy (non-hydrogen) atoms. The Hall–Kier alpha value is -1.06. The van der Waals surface area contributed by atoms with E-state index < -0.39 is 0 Å². The van der Waals surface area contributed by atoms with Crippen molar-refractivity contribution in [2.24, 2.45) is 5.92 Å². The molecule has 1 aliphatic rings. The average molecular weight is 248 g/mol. The van der Waals surface area contributed by atoms with Gasteiger partial charge in [0.2, 0.25) is 0 Å². The van der Waals surface area contributed by atoms with Gasteiger partial charge in [0, 0.05) is 18.8 Å². The minimum absolute atomic E-state index is 0.463. The Bertz CT molecular complexity index is 367. The maximum Gasteiger partial charge on any atom is 0.0613 e. The first kappa shape index (κ1) is 13.4. The van der Waals surface area contributed by atoms with Gasteiger partial charge in [0.1, 0.15) is 0 Å². The molecular formula is C15H24N2O. The van der Waals surface area contributed by atoms with Gasteiger partial charge in [-0.25, -0.2) is 0 Å². The third kappa shape index (κ3) is 3.72. The molecule has 1 aliphatic heterocycles. The minimum Gasteiger partial charge on any atom is -0.399 e. The van der Waals surface area contributed by atoms with E-state index in [2.05, 4.69) is 24.4 Å². The molecule has 3 nitrogen and oxygen atoms in total. The molecule has 1 fully saturated rings. The first-order valence-corrected chi connectivity index (χ1v) is 6.96. The highest BCUT2D eigenvalue weighted by Gasteiger charge is 2.25. The summed E-state index contributed by atoms with van der Waals surface area (Å²) in [7, 11) is 0. The van der Waals surface area contributed by atoms with Gasteiger partial charge in [-0.1, -0.05) is 19.1 Å². The zero-order valence-corrected chi connectivity index (χ0v) is 11.2. The summed E-state index contributed by atoms with van der Waals surface area (Å²) in [5.41, 5.74) is 7.91. The zero-order valence-electron chi connectivity index (χ0n) is 11.2. The van der Waals surface area contributed by atoms with Crippen LogP contribution < -0.4 is 11.1 Å². The summed E-state index contributed by atoms with van der Waals surface area (Å²) < 4.78 is 5.69. The molecule has 0 aliphatic carbocycles. The van der Waals surface area contributed by atoms with Crippen LogP contribution in [0.2, 0.25) is 0 Å². The number of hydrogen-bond donors (Lipinski definition) is 2. The fourth-order valence-electron chi connectivity index (χ4n) is 2.65.